The van der Waals surface area contributed by atoms with Gasteiger partial charge in [-0.2, -0.15) is 0 Å². The van der Waals surface area contributed by atoms with Gasteiger partial charge < -0.3 is 49.3 Å². The number of amides is 4. The summed E-state index contributed by atoms with van der Waals surface area (Å²) in [6.45, 7) is 8.89. The summed E-state index contributed by atoms with van der Waals surface area (Å²) >= 11 is 0. The highest BCUT2D eigenvalue weighted by Gasteiger charge is 2.51. The molecule has 16 nitrogen and oxygen atoms in total. The molecule has 4 N–H and O–H groups in total. The number of nitrogens with one attached hydrogen (secondary N) is 4. The molecule has 5 aromatic rings. The number of benzene rings is 3. The summed E-state index contributed by atoms with van der Waals surface area (Å²) in [5.74, 6) is 2.19. The van der Waals surface area contributed by atoms with E-state index in [2.05, 4.69) is 70.8 Å². The zero-order chi connectivity index (χ0) is 42.9. The lowest BCUT2D eigenvalue weighted by Crippen LogP contribution is -2.61. The molecule has 4 aliphatic heterocycles. The molecule has 6 heterocycles. The zero-order valence-corrected chi connectivity index (χ0v) is 35.4. The molecule has 61 heavy (non-hydrogen) atoms. The summed E-state index contributed by atoms with van der Waals surface area (Å²) in [4.78, 5) is 72.7. The molecule has 4 aliphatic rings. The van der Waals surface area contributed by atoms with Gasteiger partial charge in [0.05, 0.1) is 55.3 Å². The quantitative estimate of drug-likeness (QED) is 0.136. The van der Waals surface area contributed by atoms with Gasteiger partial charge in [0.1, 0.15) is 36.1 Å². The minimum absolute atomic E-state index is 0.0349. The van der Waals surface area contributed by atoms with E-state index < -0.39 is 30.4 Å². The lowest BCUT2D eigenvalue weighted by molar-refractivity contribution is -0.145. The maximum atomic E-state index is 13.9. The first kappa shape index (κ1) is 40.3. The molecule has 0 spiro atoms. The highest BCUT2D eigenvalue weighted by Crippen LogP contribution is 2.47. The fourth-order valence-corrected chi connectivity index (χ4v) is 10.1. The second kappa shape index (κ2) is 15.7. The Morgan fingerprint density at radius 1 is 0.918 bits per heavy atom. The molecular formula is C45H52N8O8. The molecule has 3 saturated heterocycles. The number of hydrogen-bond donors (Lipinski definition) is 4. The summed E-state index contributed by atoms with van der Waals surface area (Å²) in [7, 11) is 4.07. The van der Waals surface area contributed by atoms with Crippen molar-refractivity contribution in [3.05, 3.63) is 65.9 Å². The van der Waals surface area contributed by atoms with Gasteiger partial charge in [-0.1, -0.05) is 39.0 Å². The van der Waals surface area contributed by atoms with Gasteiger partial charge >= 0.3 is 12.2 Å². The summed E-state index contributed by atoms with van der Waals surface area (Å²) in [6.07, 6.45) is 2.26. The molecular weight excluding hydrogens is 781 g/mol. The Labute approximate surface area is 353 Å². The number of aromatic nitrogens is 4. The summed E-state index contributed by atoms with van der Waals surface area (Å²) < 4.78 is 21.5. The number of piperidine rings is 1. The normalized spacial score (nSPS) is 25.4. The van der Waals surface area contributed by atoms with E-state index in [4.69, 9.17) is 28.9 Å². The van der Waals surface area contributed by atoms with Gasteiger partial charge in [0.25, 0.3) is 0 Å². The van der Waals surface area contributed by atoms with Gasteiger partial charge in [-0.15, -0.1) is 0 Å². The number of carbonyl (C=O) groups is 4. The number of rotatable bonds is 8. The Morgan fingerprint density at radius 3 is 2.49 bits per heavy atom. The molecule has 2 aromatic heterocycles. The second-order valence-electron chi connectivity index (χ2n) is 17.1. The Kier molecular flexibility index (Phi) is 10.4. The summed E-state index contributed by atoms with van der Waals surface area (Å²) in [5, 5.41) is 7.43. The van der Waals surface area contributed by atoms with Gasteiger partial charge in [0.2, 0.25) is 11.8 Å². The number of nitrogens with zero attached hydrogens (tertiary/aromatic N) is 4. The monoisotopic (exact) mass is 832 g/mol. The summed E-state index contributed by atoms with van der Waals surface area (Å²) in [6, 6.07) is 12.5. The highest BCUT2D eigenvalue weighted by atomic mass is 16.5. The van der Waals surface area contributed by atoms with E-state index in [0.717, 1.165) is 74.2 Å². The largest absolute Gasteiger partial charge is 0.488 e. The van der Waals surface area contributed by atoms with Crippen molar-refractivity contribution in [3.63, 3.8) is 0 Å². The van der Waals surface area contributed by atoms with E-state index in [1.807, 2.05) is 17.9 Å². The third-order valence-corrected chi connectivity index (χ3v) is 13.6. The van der Waals surface area contributed by atoms with E-state index in [9.17, 15) is 19.2 Å². The van der Waals surface area contributed by atoms with Crippen molar-refractivity contribution < 1.29 is 38.1 Å². The third kappa shape index (κ3) is 6.90. The topological polar surface area (TPSA) is 193 Å². The van der Waals surface area contributed by atoms with Crippen molar-refractivity contribution in [2.24, 2.45) is 17.8 Å². The van der Waals surface area contributed by atoms with Crippen LogP contribution < -0.4 is 15.4 Å². The molecule has 3 aromatic carbocycles. The molecule has 16 heteroatoms. The molecule has 4 amide bonds. The van der Waals surface area contributed by atoms with E-state index >= 15 is 0 Å². The lowest BCUT2D eigenvalue weighted by Gasteiger charge is -2.45. The standard InChI is InChI=1S/C45H52N8O8/c1-21-14-35(52(19-21)42(54)38(24(4)58-5)51-45(57)60-7)40-46-18-32(48-40)26-8-10-28-27(15-26)20-61-36-17-29-25(16-30(28)36)9-11-31-39(29)49-41(47-31)34-13-12-33-22(2)23(3)37(43(55)53(33)34)50-44(56)59-6/h8-11,15-18,21-24,33-35,37-38H,12-14,19-20H2,1-7H3,(H,46,48)(H,47,49)(H,50,56)(H,51,57)/t21-,22+,23-,24+,33+,34-,35-,37-,38-/m0/s1. The maximum absolute atomic E-state index is 13.9. The molecule has 0 aliphatic carbocycles. The predicted molar refractivity (Wildman–Crippen MR) is 225 cm³/mol. The Morgan fingerprint density at radius 2 is 1.72 bits per heavy atom. The number of aromatic amines is 2. The predicted octanol–water partition coefficient (Wildman–Crippen LogP) is 6.38. The molecule has 3 fully saturated rings. The number of likely N-dealkylation sites (tertiary alicyclic amines) is 1. The third-order valence-electron chi connectivity index (χ3n) is 13.6. The molecule has 0 bridgehead atoms. The fourth-order valence-electron chi connectivity index (χ4n) is 10.1. The average molecular weight is 833 g/mol. The van der Waals surface area contributed by atoms with Crippen LogP contribution in [0.3, 0.4) is 0 Å². The first-order valence-electron chi connectivity index (χ1n) is 21.0. The first-order valence-corrected chi connectivity index (χ1v) is 21.0. The molecule has 0 radical (unpaired) electrons. The molecule has 9 atom stereocenters. The second-order valence-corrected chi connectivity index (χ2v) is 17.1. The SMILES string of the molecule is COC(=O)N[C@@H]1C(=O)N2[C@H](CC[C@H]2c2nc3ccc4cc5c(cc4c3[nH]2)OCc2cc(-c3cnc([C@@H]4C[C@H](C)CN4C(=O)[C@@H](NC(=O)OC)[C@@H](C)OC)[nH]3)ccc2-5)[C@H](C)[C@@H]1C. The zero-order valence-electron chi connectivity index (χ0n) is 35.4. The van der Waals surface area contributed by atoms with Crippen LogP contribution in [0.1, 0.15) is 76.3 Å². The number of H-pyrrole nitrogens is 2. The number of ether oxygens (including phenoxy) is 4. The van der Waals surface area contributed by atoms with Crippen LogP contribution in [0.2, 0.25) is 0 Å². The Bertz CT molecular complexity index is 2550. The van der Waals surface area contributed by atoms with Crippen molar-refractivity contribution in [1.82, 2.24) is 40.4 Å². The van der Waals surface area contributed by atoms with Crippen LogP contribution in [0.5, 0.6) is 5.75 Å². The number of imidazole rings is 2. The molecule has 320 valence electrons. The molecule has 9 rings (SSSR count). The number of alkyl carbamates (subject to hydrolysis) is 2. The molecule has 0 saturated carbocycles. The smallest absolute Gasteiger partial charge is 0.407 e. The van der Waals surface area contributed by atoms with Crippen molar-refractivity contribution in [2.75, 3.05) is 27.9 Å². The Hall–Kier alpha value is -6.16. The van der Waals surface area contributed by atoms with Crippen molar-refractivity contribution in [2.45, 2.75) is 89.9 Å². The number of hydrogen-bond acceptors (Lipinski definition) is 10. The summed E-state index contributed by atoms with van der Waals surface area (Å²) in [5.41, 5.74) is 6.55. The van der Waals surface area contributed by atoms with Gasteiger partial charge in [-0.3, -0.25) is 9.59 Å². The van der Waals surface area contributed by atoms with Gasteiger partial charge in [0, 0.05) is 30.6 Å². The van der Waals surface area contributed by atoms with Crippen LogP contribution in [0.4, 0.5) is 9.59 Å². The van der Waals surface area contributed by atoms with E-state index in [1.54, 1.807) is 18.0 Å². The first-order chi connectivity index (χ1) is 29.4. The lowest BCUT2D eigenvalue weighted by atomic mass is 9.78. The number of methoxy groups -OCH3 is 3. The Balaban J connectivity index is 0.968. The number of carbonyl (C=O) groups excluding carboxylic acids is 4. The van der Waals surface area contributed by atoms with E-state index in [0.29, 0.717) is 25.4 Å². The van der Waals surface area contributed by atoms with Crippen molar-refractivity contribution in [3.8, 4) is 28.1 Å². The van der Waals surface area contributed by atoms with Crippen LogP contribution in [0.15, 0.2) is 48.7 Å². The fraction of sp³-hybridized carbons (Fsp3) is 0.467. The van der Waals surface area contributed by atoms with Crippen LogP contribution in [0, 0.1) is 17.8 Å². The van der Waals surface area contributed by atoms with Crippen molar-refractivity contribution >= 4 is 45.8 Å². The van der Waals surface area contributed by atoms with Crippen LogP contribution in [0.25, 0.3) is 44.2 Å². The van der Waals surface area contributed by atoms with Gasteiger partial charge in [-0.05, 0) is 90.3 Å². The van der Waals surface area contributed by atoms with Gasteiger partial charge in [-0.25, -0.2) is 19.6 Å². The van der Waals surface area contributed by atoms with E-state index in [1.165, 1.54) is 21.3 Å². The van der Waals surface area contributed by atoms with Crippen LogP contribution in [-0.4, -0.2) is 106 Å². The highest BCUT2D eigenvalue weighted by molar-refractivity contribution is 6.07. The van der Waals surface area contributed by atoms with Crippen LogP contribution in [-0.2, 0) is 30.4 Å². The van der Waals surface area contributed by atoms with E-state index in [-0.39, 0.29) is 47.7 Å². The maximum Gasteiger partial charge on any atom is 0.407 e. The van der Waals surface area contributed by atoms with Crippen molar-refractivity contribution in [1.29, 1.82) is 0 Å². The van der Waals surface area contributed by atoms with Crippen LogP contribution >= 0.6 is 0 Å². The minimum Gasteiger partial charge on any atom is -0.488 e. The van der Waals surface area contributed by atoms with Gasteiger partial charge in [0.15, 0.2) is 0 Å². The molecule has 0 unspecified atom stereocenters. The number of fused-ring (bicyclic) bond motifs is 7. The minimum atomic E-state index is -0.921. The average Bonchev–Trinajstić information content (AvgIpc) is 4.10.